The highest BCUT2D eigenvalue weighted by Gasteiger charge is 1.94. The highest BCUT2D eigenvalue weighted by Crippen LogP contribution is 2.16. The van der Waals surface area contributed by atoms with Crippen molar-refractivity contribution in [1.82, 2.24) is 0 Å². The third-order valence-electron chi connectivity index (χ3n) is 1.58. The van der Waals surface area contributed by atoms with E-state index in [-0.39, 0.29) is 0 Å². The molecule has 0 amide bonds. The van der Waals surface area contributed by atoms with Crippen molar-refractivity contribution in [2.24, 2.45) is 0 Å². The molecule has 1 rings (SSSR count). The summed E-state index contributed by atoms with van der Waals surface area (Å²) in [5.74, 6) is 0. The molecule has 0 aliphatic rings. The van der Waals surface area contributed by atoms with Crippen LogP contribution in [0, 0.1) is 0 Å². The van der Waals surface area contributed by atoms with E-state index >= 15 is 0 Å². The number of anilines is 1. The molecule has 0 bridgehead atoms. The van der Waals surface area contributed by atoms with E-state index in [0.29, 0.717) is 0 Å². The van der Waals surface area contributed by atoms with Crippen molar-refractivity contribution in [3.8, 4) is 0 Å². The fourth-order valence-electron chi connectivity index (χ4n) is 0.966. The van der Waals surface area contributed by atoms with E-state index in [2.05, 4.69) is 12.1 Å². The van der Waals surface area contributed by atoms with E-state index < -0.39 is 0 Å². The maximum Gasteiger partial charge on any atom is 0.0636 e. The normalized spacial score (nSPS) is 8.57. The summed E-state index contributed by atoms with van der Waals surface area (Å²) in [4.78, 5) is 4.78. The lowest BCUT2D eigenvalue weighted by Crippen LogP contribution is -1.95. The Morgan fingerprint density at radius 3 is 2.50 bits per heavy atom. The van der Waals surface area contributed by atoms with Gasteiger partial charge in [-0.25, -0.2) is 0 Å². The Labute approximate surface area is 86.6 Å². The maximum absolute atomic E-state index is 4.78. The van der Waals surface area contributed by atoms with E-state index in [1.807, 2.05) is 45.0 Å². The van der Waals surface area contributed by atoms with Gasteiger partial charge in [0.05, 0.1) is 12.8 Å². The molecule has 0 saturated carbocycles. The third kappa shape index (κ3) is 4.10. The Morgan fingerprint density at radius 1 is 1.36 bits per heavy atom. The van der Waals surface area contributed by atoms with Crippen LogP contribution in [0.4, 0.5) is 5.69 Å². The molecule has 1 aromatic carbocycles. The number of rotatable bonds is 3. The summed E-state index contributed by atoms with van der Waals surface area (Å²) >= 11 is 0. The van der Waals surface area contributed by atoms with Crippen LogP contribution in [0.3, 0.4) is 0 Å². The summed E-state index contributed by atoms with van der Waals surface area (Å²) in [7, 11) is 1.59. The molecule has 0 aromatic heterocycles. The zero-order valence-electron chi connectivity index (χ0n) is 9.42. The molecule has 0 spiro atoms. The fraction of sp³-hybridized carbons (Fsp3) is 0.333. The van der Waals surface area contributed by atoms with Crippen LogP contribution in [0.25, 0.3) is 5.57 Å². The van der Waals surface area contributed by atoms with Crippen LogP contribution >= 0.6 is 0 Å². The SMILES string of the molecule is C=C(C)c1cccc(NOC)c1.CC. The highest BCUT2D eigenvalue weighted by molar-refractivity contribution is 5.65. The van der Waals surface area contributed by atoms with Crippen molar-refractivity contribution in [3.63, 3.8) is 0 Å². The van der Waals surface area contributed by atoms with E-state index in [4.69, 9.17) is 4.84 Å². The molecule has 0 atom stereocenters. The molecule has 0 unspecified atom stereocenters. The van der Waals surface area contributed by atoms with E-state index in [1.165, 1.54) is 0 Å². The van der Waals surface area contributed by atoms with Crippen LogP contribution in [0.1, 0.15) is 26.3 Å². The van der Waals surface area contributed by atoms with Gasteiger partial charge in [0.25, 0.3) is 0 Å². The van der Waals surface area contributed by atoms with Crippen molar-refractivity contribution < 1.29 is 4.84 Å². The Bertz CT molecular complexity index is 281. The van der Waals surface area contributed by atoms with Crippen LogP contribution in [0.15, 0.2) is 30.8 Å². The standard InChI is InChI=1S/C10H13NO.C2H6/c1-8(2)9-5-4-6-10(7-9)11-12-3;1-2/h4-7,11H,1H2,2-3H3;1-2H3. The minimum absolute atomic E-state index is 0.943. The Kier molecular flexibility index (Phi) is 6.50. The average Bonchev–Trinajstić information content (AvgIpc) is 2.22. The summed E-state index contributed by atoms with van der Waals surface area (Å²) in [6.45, 7) is 9.84. The largest absolute Gasteiger partial charge is 0.279 e. The van der Waals surface area contributed by atoms with Gasteiger partial charge >= 0.3 is 0 Å². The zero-order valence-corrected chi connectivity index (χ0v) is 9.42. The van der Waals surface area contributed by atoms with Crippen LogP contribution < -0.4 is 5.48 Å². The lowest BCUT2D eigenvalue weighted by molar-refractivity contribution is 0.271. The summed E-state index contributed by atoms with van der Waals surface area (Å²) < 4.78 is 0. The minimum Gasteiger partial charge on any atom is -0.279 e. The van der Waals surface area contributed by atoms with Gasteiger partial charge in [-0.3, -0.25) is 10.3 Å². The van der Waals surface area contributed by atoms with Crippen LogP contribution in [0.2, 0.25) is 0 Å². The van der Waals surface area contributed by atoms with E-state index in [0.717, 1.165) is 16.8 Å². The van der Waals surface area contributed by atoms with Gasteiger partial charge in [0.1, 0.15) is 0 Å². The lowest BCUT2D eigenvalue weighted by Gasteiger charge is -2.04. The molecule has 0 heterocycles. The van der Waals surface area contributed by atoms with Crippen LogP contribution in [0.5, 0.6) is 0 Å². The van der Waals surface area contributed by atoms with Gasteiger partial charge in [-0.1, -0.05) is 38.1 Å². The number of benzene rings is 1. The Morgan fingerprint density at radius 2 is 2.00 bits per heavy atom. The second kappa shape index (κ2) is 7.15. The molecule has 0 saturated heterocycles. The molecule has 0 aliphatic heterocycles. The second-order valence-corrected chi connectivity index (χ2v) is 2.67. The highest BCUT2D eigenvalue weighted by atomic mass is 16.6. The lowest BCUT2D eigenvalue weighted by atomic mass is 10.1. The number of nitrogens with one attached hydrogen (secondary N) is 1. The quantitative estimate of drug-likeness (QED) is 0.739. The average molecular weight is 193 g/mol. The topological polar surface area (TPSA) is 21.3 Å². The van der Waals surface area contributed by atoms with Gasteiger partial charge in [0, 0.05) is 0 Å². The van der Waals surface area contributed by atoms with E-state index in [1.54, 1.807) is 7.11 Å². The first-order valence-electron chi connectivity index (χ1n) is 4.79. The first-order valence-corrected chi connectivity index (χ1v) is 4.79. The van der Waals surface area contributed by atoms with Gasteiger partial charge in [-0.2, -0.15) is 0 Å². The minimum atomic E-state index is 0.943. The molecule has 0 aliphatic carbocycles. The summed E-state index contributed by atoms with van der Waals surface area (Å²) in [6.07, 6.45) is 0. The fourth-order valence-corrected chi connectivity index (χ4v) is 0.966. The molecule has 1 aromatic rings. The molecule has 1 N–H and O–H groups in total. The molecule has 0 radical (unpaired) electrons. The van der Waals surface area contributed by atoms with Crippen molar-refractivity contribution in [2.45, 2.75) is 20.8 Å². The van der Waals surface area contributed by atoms with E-state index in [9.17, 15) is 0 Å². The zero-order chi connectivity index (χ0) is 11.0. The van der Waals surface area contributed by atoms with Gasteiger partial charge in [-0.05, 0) is 24.6 Å². The van der Waals surface area contributed by atoms with Gasteiger partial charge in [0.2, 0.25) is 0 Å². The van der Waals surface area contributed by atoms with Crippen molar-refractivity contribution >= 4 is 11.3 Å². The Balaban J connectivity index is 0.000000791. The van der Waals surface area contributed by atoms with Gasteiger partial charge < -0.3 is 0 Å². The monoisotopic (exact) mass is 193 g/mol. The predicted molar refractivity (Wildman–Crippen MR) is 63.1 cm³/mol. The predicted octanol–water partition coefficient (Wildman–Crippen LogP) is 3.72. The Hall–Kier alpha value is -1.28. The molecule has 78 valence electrons. The maximum atomic E-state index is 4.78. The van der Waals surface area contributed by atoms with Crippen molar-refractivity contribution in [1.29, 1.82) is 0 Å². The molecule has 0 fully saturated rings. The van der Waals surface area contributed by atoms with Crippen molar-refractivity contribution in [3.05, 3.63) is 36.4 Å². The molecular formula is C12H19NO. The van der Waals surface area contributed by atoms with Gasteiger partial charge in [0.15, 0.2) is 0 Å². The second-order valence-electron chi connectivity index (χ2n) is 2.67. The number of hydrogen-bond donors (Lipinski definition) is 1. The van der Waals surface area contributed by atoms with Crippen molar-refractivity contribution in [2.75, 3.05) is 12.6 Å². The van der Waals surface area contributed by atoms with Crippen LogP contribution in [-0.2, 0) is 4.84 Å². The number of allylic oxidation sites excluding steroid dienone is 1. The molecule has 2 nitrogen and oxygen atoms in total. The summed E-state index contributed by atoms with van der Waals surface area (Å²) in [5, 5.41) is 0. The summed E-state index contributed by atoms with van der Waals surface area (Å²) in [5.41, 5.74) is 5.88. The first-order chi connectivity index (χ1) is 6.74. The van der Waals surface area contributed by atoms with Crippen LogP contribution in [-0.4, -0.2) is 7.11 Å². The summed E-state index contributed by atoms with van der Waals surface area (Å²) in [6, 6.07) is 7.91. The number of hydrogen-bond acceptors (Lipinski definition) is 2. The molecule has 14 heavy (non-hydrogen) atoms. The molecular weight excluding hydrogens is 174 g/mol. The third-order valence-corrected chi connectivity index (χ3v) is 1.58. The van der Waals surface area contributed by atoms with Gasteiger partial charge in [-0.15, -0.1) is 0 Å². The molecule has 2 heteroatoms. The first kappa shape index (κ1) is 12.7. The smallest absolute Gasteiger partial charge is 0.0636 e.